The molecule has 0 radical (unpaired) electrons. The van der Waals surface area contributed by atoms with E-state index in [1.54, 1.807) is 0 Å². The van der Waals surface area contributed by atoms with Gasteiger partial charge < -0.3 is 25.2 Å². The summed E-state index contributed by atoms with van der Waals surface area (Å²) >= 11 is 0. The molecule has 0 saturated carbocycles. The zero-order chi connectivity index (χ0) is 8.69. The lowest BCUT2D eigenvalue weighted by Gasteiger charge is -2.12. The van der Waals surface area contributed by atoms with Gasteiger partial charge in [0.1, 0.15) is 12.5 Å². The standard InChI is InChI=1S/C6H12O5/c7-1-2-11-6(10)3-5(9)4-8/h1-2,5-10H,3-4H2/b2-1-. The second-order valence-electron chi connectivity index (χ2n) is 1.95. The lowest BCUT2D eigenvalue weighted by Crippen LogP contribution is -2.21. The summed E-state index contributed by atoms with van der Waals surface area (Å²) in [5.41, 5.74) is 0. The maximum Gasteiger partial charge on any atom is 0.199 e. The van der Waals surface area contributed by atoms with Gasteiger partial charge in [-0.05, 0) is 0 Å². The molecule has 5 nitrogen and oxygen atoms in total. The van der Waals surface area contributed by atoms with Crippen LogP contribution in [-0.4, -0.2) is 39.4 Å². The summed E-state index contributed by atoms with van der Waals surface area (Å²) in [6.07, 6.45) is -0.804. The van der Waals surface area contributed by atoms with Gasteiger partial charge in [0, 0.05) is 6.42 Å². The van der Waals surface area contributed by atoms with Crippen molar-refractivity contribution >= 4 is 0 Å². The second kappa shape index (κ2) is 5.96. The molecule has 0 rings (SSSR count). The zero-order valence-electron chi connectivity index (χ0n) is 5.92. The monoisotopic (exact) mass is 164 g/mol. The Morgan fingerprint density at radius 1 is 1.36 bits per heavy atom. The van der Waals surface area contributed by atoms with Gasteiger partial charge in [-0.15, -0.1) is 0 Å². The summed E-state index contributed by atoms with van der Waals surface area (Å²) in [5, 5.41) is 34.0. The van der Waals surface area contributed by atoms with Crippen LogP contribution < -0.4 is 0 Å². The summed E-state index contributed by atoms with van der Waals surface area (Å²) in [4.78, 5) is 0. The van der Waals surface area contributed by atoms with Crippen molar-refractivity contribution in [3.8, 4) is 0 Å². The Morgan fingerprint density at radius 3 is 2.45 bits per heavy atom. The number of aliphatic hydroxyl groups is 4. The molecule has 5 heteroatoms. The molecule has 0 aliphatic carbocycles. The van der Waals surface area contributed by atoms with Crippen LogP contribution in [0.25, 0.3) is 0 Å². The smallest absolute Gasteiger partial charge is 0.199 e. The molecule has 11 heavy (non-hydrogen) atoms. The summed E-state index contributed by atoms with van der Waals surface area (Å²) < 4.78 is 4.42. The van der Waals surface area contributed by atoms with Gasteiger partial charge in [-0.1, -0.05) is 0 Å². The highest BCUT2D eigenvalue weighted by atomic mass is 16.6. The van der Waals surface area contributed by atoms with E-state index in [0.29, 0.717) is 6.26 Å². The second-order valence-corrected chi connectivity index (χ2v) is 1.95. The maximum atomic E-state index is 8.83. The van der Waals surface area contributed by atoms with Crippen LogP contribution >= 0.6 is 0 Å². The van der Waals surface area contributed by atoms with Crippen molar-refractivity contribution in [1.29, 1.82) is 0 Å². The third-order valence-electron chi connectivity index (χ3n) is 0.981. The van der Waals surface area contributed by atoms with Crippen LogP contribution in [0.15, 0.2) is 12.5 Å². The van der Waals surface area contributed by atoms with Gasteiger partial charge in [0.05, 0.1) is 12.7 Å². The molecule has 2 atom stereocenters. The highest BCUT2D eigenvalue weighted by Crippen LogP contribution is 1.99. The Labute approximate surface area is 64.2 Å². The molecule has 0 aliphatic heterocycles. The minimum atomic E-state index is -1.21. The van der Waals surface area contributed by atoms with E-state index >= 15 is 0 Å². The van der Waals surface area contributed by atoms with E-state index in [1.807, 2.05) is 0 Å². The molecule has 0 aromatic heterocycles. The summed E-state index contributed by atoms with van der Waals surface area (Å²) in [6.45, 7) is -0.427. The largest absolute Gasteiger partial charge is 0.512 e. The first kappa shape index (κ1) is 10.2. The van der Waals surface area contributed by atoms with Crippen LogP contribution in [0.3, 0.4) is 0 Å². The van der Waals surface area contributed by atoms with Gasteiger partial charge in [0.25, 0.3) is 0 Å². The van der Waals surface area contributed by atoms with Gasteiger partial charge in [-0.25, -0.2) is 0 Å². The summed E-state index contributed by atoms with van der Waals surface area (Å²) in [5.74, 6) is 0. The summed E-state index contributed by atoms with van der Waals surface area (Å²) in [6, 6.07) is 0. The highest BCUT2D eigenvalue weighted by Gasteiger charge is 2.09. The Balaban J connectivity index is 3.42. The Bertz CT molecular complexity index is 114. The topological polar surface area (TPSA) is 90.2 Å². The van der Waals surface area contributed by atoms with Crippen molar-refractivity contribution in [1.82, 2.24) is 0 Å². The molecule has 0 aromatic carbocycles. The molecule has 0 fully saturated rings. The first-order valence-corrected chi connectivity index (χ1v) is 3.12. The molecule has 66 valence electrons. The lowest BCUT2D eigenvalue weighted by molar-refractivity contribution is -0.0861. The van der Waals surface area contributed by atoms with Crippen LogP contribution in [0.5, 0.6) is 0 Å². The zero-order valence-corrected chi connectivity index (χ0v) is 5.92. The Kier molecular flexibility index (Phi) is 5.54. The molecule has 0 saturated heterocycles. The predicted octanol–water partition coefficient (Wildman–Crippen LogP) is -0.906. The molecule has 4 N–H and O–H groups in total. The van der Waals surface area contributed by atoms with Crippen LogP contribution in [-0.2, 0) is 4.74 Å². The number of hydrogen-bond acceptors (Lipinski definition) is 5. The average molecular weight is 164 g/mol. The first-order chi connectivity index (χ1) is 5.20. The quantitative estimate of drug-likeness (QED) is 0.312. The van der Waals surface area contributed by atoms with Crippen molar-refractivity contribution in [3.63, 3.8) is 0 Å². The maximum absolute atomic E-state index is 8.83. The SMILES string of the molecule is O/C=C\OC(O)CC(O)CO. The molecule has 0 heterocycles. The number of ether oxygens (including phenoxy) is 1. The van der Waals surface area contributed by atoms with Crippen LogP contribution in [0, 0.1) is 0 Å². The van der Waals surface area contributed by atoms with Crippen molar-refractivity contribution in [2.45, 2.75) is 18.8 Å². The van der Waals surface area contributed by atoms with Crippen molar-refractivity contribution in [2.75, 3.05) is 6.61 Å². The Morgan fingerprint density at radius 2 is 2.00 bits per heavy atom. The van der Waals surface area contributed by atoms with Gasteiger partial charge in [-0.3, -0.25) is 0 Å². The fraction of sp³-hybridized carbons (Fsp3) is 0.667. The molecular weight excluding hydrogens is 152 g/mol. The minimum absolute atomic E-state index is 0.0964. The highest BCUT2D eigenvalue weighted by molar-refractivity contribution is 4.61. The Hall–Kier alpha value is -0.780. The number of aliphatic hydroxyl groups excluding tert-OH is 4. The van der Waals surface area contributed by atoms with Crippen LogP contribution in [0.1, 0.15) is 6.42 Å². The predicted molar refractivity (Wildman–Crippen MR) is 36.6 cm³/mol. The molecular formula is C6H12O5. The van der Waals surface area contributed by atoms with Crippen molar-refractivity contribution in [3.05, 3.63) is 12.5 Å². The van der Waals surface area contributed by atoms with Crippen molar-refractivity contribution < 1.29 is 25.2 Å². The van der Waals surface area contributed by atoms with E-state index in [4.69, 9.17) is 20.4 Å². The molecule has 0 spiro atoms. The average Bonchev–Trinajstić information content (AvgIpc) is 2.00. The van der Waals surface area contributed by atoms with Crippen LogP contribution in [0.4, 0.5) is 0 Å². The van der Waals surface area contributed by atoms with E-state index < -0.39 is 19.0 Å². The third-order valence-corrected chi connectivity index (χ3v) is 0.981. The molecule has 0 aromatic rings. The lowest BCUT2D eigenvalue weighted by atomic mass is 10.2. The number of rotatable bonds is 5. The molecule has 2 unspecified atom stereocenters. The van der Waals surface area contributed by atoms with E-state index in [-0.39, 0.29) is 6.42 Å². The van der Waals surface area contributed by atoms with Gasteiger partial charge in [0.2, 0.25) is 0 Å². The van der Waals surface area contributed by atoms with Gasteiger partial charge in [-0.2, -0.15) is 0 Å². The van der Waals surface area contributed by atoms with Crippen LogP contribution in [0.2, 0.25) is 0 Å². The molecule has 0 amide bonds. The van der Waals surface area contributed by atoms with E-state index in [1.165, 1.54) is 0 Å². The summed E-state index contributed by atoms with van der Waals surface area (Å²) in [7, 11) is 0. The fourth-order valence-corrected chi connectivity index (χ4v) is 0.489. The van der Waals surface area contributed by atoms with Gasteiger partial charge >= 0.3 is 0 Å². The normalized spacial score (nSPS) is 16.6. The van der Waals surface area contributed by atoms with Gasteiger partial charge in [0.15, 0.2) is 6.29 Å². The minimum Gasteiger partial charge on any atom is -0.512 e. The first-order valence-electron chi connectivity index (χ1n) is 3.12. The van der Waals surface area contributed by atoms with Crippen molar-refractivity contribution in [2.24, 2.45) is 0 Å². The number of hydrogen-bond donors (Lipinski definition) is 4. The fourth-order valence-electron chi connectivity index (χ4n) is 0.489. The van der Waals surface area contributed by atoms with E-state index in [2.05, 4.69) is 4.74 Å². The third kappa shape index (κ3) is 5.65. The van der Waals surface area contributed by atoms with E-state index in [0.717, 1.165) is 6.26 Å². The molecule has 0 aliphatic rings. The molecule has 0 bridgehead atoms. The van der Waals surface area contributed by atoms with E-state index in [9.17, 15) is 0 Å².